The summed E-state index contributed by atoms with van der Waals surface area (Å²) in [5.41, 5.74) is 3.14. The van der Waals surface area contributed by atoms with E-state index in [9.17, 15) is 4.79 Å². The number of rotatable bonds is 6. The van der Waals surface area contributed by atoms with Crippen LogP contribution in [-0.4, -0.2) is 21.9 Å². The monoisotopic (exact) mass is 407 g/mol. The van der Waals surface area contributed by atoms with Gasteiger partial charge in [-0.15, -0.1) is 10.2 Å². The lowest BCUT2D eigenvalue weighted by Crippen LogP contribution is -2.02. The number of thioether (sulfide) groups is 1. The summed E-state index contributed by atoms with van der Waals surface area (Å²) in [6, 6.07) is 15.2. The average molecular weight is 407 g/mol. The Labute approximate surface area is 172 Å². The molecule has 29 heavy (non-hydrogen) atoms. The van der Waals surface area contributed by atoms with Crippen LogP contribution in [0.5, 0.6) is 5.75 Å². The van der Waals surface area contributed by atoms with Crippen LogP contribution >= 0.6 is 11.8 Å². The maximum atomic E-state index is 12.0. The third-order valence-corrected chi connectivity index (χ3v) is 5.74. The van der Waals surface area contributed by atoms with Gasteiger partial charge >= 0.3 is 5.63 Å². The number of aromatic nitrogens is 3. The molecular formula is C22H21N3O3S. The topological polar surface area (TPSA) is 70.2 Å². The highest BCUT2D eigenvalue weighted by atomic mass is 32.2. The Balaban J connectivity index is 1.67. The summed E-state index contributed by atoms with van der Waals surface area (Å²) >= 11 is 1.55. The Hall–Kier alpha value is -3.06. The summed E-state index contributed by atoms with van der Waals surface area (Å²) in [7, 11) is 1.65. The SMILES string of the molecule is CCn1c(SCc2cc(=O)oc3cc(C)ccc23)nnc1-c1ccccc1OC. The van der Waals surface area contributed by atoms with Crippen molar-refractivity contribution in [1.82, 2.24) is 14.8 Å². The molecule has 0 bridgehead atoms. The number of para-hydroxylation sites is 1. The third-order valence-electron chi connectivity index (χ3n) is 4.72. The second kappa shape index (κ2) is 8.13. The average Bonchev–Trinajstić information content (AvgIpc) is 3.14. The van der Waals surface area contributed by atoms with E-state index in [2.05, 4.69) is 21.7 Å². The molecule has 0 aliphatic rings. The van der Waals surface area contributed by atoms with E-state index in [1.807, 2.05) is 49.4 Å². The third kappa shape index (κ3) is 3.78. The molecule has 2 aromatic carbocycles. The number of hydrogen-bond donors (Lipinski definition) is 0. The van der Waals surface area contributed by atoms with Gasteiger partial charge in [-0.25, -0.2) is 4.79 Å². The Morgan fingerprint density at radius 1 is 1.14 bits per heavy atom. The number of benzene rings is 2. The molecule has 0 saturated carbocycles. The van der Waals surface area contributed by atoms with Crippen molar-refractivity contribution in [2.75, 3.05) is 7.11 Å². The number of nitrogens with zero attached hydrogens (tertiary/aromatic N) is 3. The molecule has 0 spiro atoms. The van der Waals surface area contributed by atoms with E-state index < -0.39 is 0 Å². The Morgan fingerprint density at radius 2 is 1.97 bits per heavy atom. The minimum absolute atomic E-state index is 0.342. The summed E-state index contributed by atoms with van der Waals surface area (Å²) in [5.74, 6) is 2.11. The first-order chi connectivity index (χ1) is 14.1. The van der Waals surface area contributed by atoms with Gasteiger partial charge in [-0.3, -0.25) is 0 Å². The Kier molecular flexibility index (Phi) is 5.40. The Morgan fingerprint density at radius 3 is 2.76 bits per heavy atom. The summed E-state index contributed by atoms with van der Waals surface area (Å²) in [4.78, 5) is 12.0. The summed E-state index contributed by atoms with van der Waals surface area (Å²) < 4.78 is 12.9. The zero-order chi connectivity index (χ0) is 20.4. The van der Waals surface area contributed by atoms with E-state index in [0.717, 1.165) is 45.4 Å². The molecule has 7 heteroatoms. The first-order valence-corrected chi connectivity index (χ1v) is 10.3. The standard InChI is InChI=1S/C22H21N3O3S/c1-4-25-21(17-7-5-6-8-18(17)27-3)23-24-22(25)29-13-15-12-20(26)28-19-11-14(2)9-10-16(15)19/h5-12H,4,13H2,1-3H3. The van der Waals surface area contributed by atoms with Crippen molar-refractivity contribution in [2.24, 2.45) is 0 Å². The maximum absolute atomic E-state index is 12.0. The quantitative estimate of drug-likeness (QED) is 0.341. The molecule has 0 saturated heterocycles. The van der Waals surface area contributed by atoms with Gasteiger partial charge in [0.1, 0.15) is 11.3 Å². The number of aryl methyl sites for hydroxylation is 1. The fourth-order valence-electron chi connectivity index (χ4n) is 3.31. The molecule has 0 radical (unpaired) electrons. The van der Waals surface area contributed by atoms with Crippen LogP contribution in [0.1, 0.15) is 18.1 Å². The number of ether oxygens (including phenoxy) is 1. The van der Waals surface area contributed by atoms with Gasteiger partial charge in [0.25, 0.3) is 0 Å². The number of methoxy groups -OCH3 is 1. The van der Waals surface area contributed by atoms with Crippen molar-refractivity contribution in [1.29, 1.82) is 0 Å². The Bertz CT molecular complexity index is 1230. The van der Waals surface area contributed by atoms with Crippen molar-refractivity contribution in [3.63, 3.8) is 0 Å². The number of hydrogen-bond acceptors (Lipinski definition) is 6. The van der Waals surface area contributed by atoms with Gasteiger partial charge in [0, 0.05) is 23.8 Å². The molecular weight excluding hydrogens is 386 g/mol. The number of fused-ring (bicyclic) bond motifs is 1. The van der Waals surface area contributed by atoms with Gasteiger partial charge in [0.15, 0.2) is 11.0 Å². The van der Waals surface area contributed by atoms with E-state index in [4.69, 9.17) is 9.15 Å². The first-order valence-electron chi connectivity index (χ1n) is 9.33. The van der Waals surface area contributed by atoms with Crippen molar-refractivity contribution < 1.29 is 9.15 Å². The van der Waals surface area contributed by atoms with Gasteiger partial charge in [0.05, 0.1) is 12.7 Å². The van der Waals surface area contributed by atoms with Crippen molar-refractivity contribution in [2.45, 2.75) is 31.3 Å². The highest BCUT2D eigenvalue weighted by Gasteiger charge is 2.17. The molecule has 2 aromatic heterocycles. The van der Waals surface area contributed by atoms with E-state index in [1.54, 1.807) is 24.9 Å². The van der Waals surface area contributed by atoms with Gasteiger partial charge in [-0.1, -0.05) is 36.0 Å². The molecule has 0 amide bonds. The predicted molar refractivity (Wildman–Crippen MR) is 114 cm³/mol. The summed E-state index contributed by atoms with van der Waals surface area (Å²) in [6.45, 7) is 4.76. The largest absolute Gasteiger partial charge is 0.496 e. The molecule has 0 atom stereocenters. The fraction of sp³-hybridized carbons (Fsp3) is 0.227. The minimum atomic E-state index is -0.342. The van der Waals surface area contributed by atoms with Gasteiger partial charge in [0.2, 0.25) is 0 Å². The van der Waals surface area contributed by atoms with Crippen LogP contribution in [0.3, 0.4) is 0 Å². The molecule has 0 aliphatic carbocycles. The molecule has 148 valence electrons. The molecule has 0 fully saturated rings. The van der Waals surface area contributed by atoms with Crippen LogP contribution in [0.4, 0.5) is 0 Å². The smallest absolute Gasteiger partial charge is 0.336 e. The van der Waals surface area contributed by atoms with E-state index >= 15 is 0 Å². The van der Waals surface area contributed by atoms with Gasteiger partial charge in [-0.2, -0.15) is 0 Å². The zero-order valence-electron chi connectivity index (χ0n) is 16.5. The molecule has 6 nitrogen and oxygen atoms in total. The van der Waals surface area contributed by atoms with Crippen LogP contribution in [-0.2, 0) is 12.3 Å². The van der Waals surface area contributed by atoms with E-state index in [-0.39, 0.29) is 5.63 Å². The lowest BCUT2D eigenvalue weighted by atomic mass is 10.1. The predicted octanol–water partition coefficient (Wildman–Crippen LogP) is 4.68. The summed E-state index contributed by atoms with van der Waals surface area (Å²) in [6.07, 6.45) is 0. The lowest BCUT2D eigenvalue weighted by Gasteiger charge is -2.10. The first kappa shape index (κ1) is 19.3. The van der Waals surface area contributed by atoms with Crippen molar-refractivity contribution in [3.05, 3.63) is 70.1 Å². The highest BCUT2D eigenvalue weighted by Crippen LogP contribution is 2.32. The van der Waals surface area contributed by atoms with E-state index in [0.29, 0.717) is 11.3 Å². The molecule has 2 heterocycles. The van der Waals surface area contributed by atoms with Crippen molar-refractivity contribution in [3.8, 4) is 17.1 Å². The highest BCUT2D eigenvalue weighted by molar-refractivity contribution is 7.98. The normalized spacial score (nSPS) is 11.1. The second-order valence-corrected chi connectivity index (χ2v) is 7.57. The van der Waals surface area contributed by atoms with Crippen LogP contribution in [0, 0.1) is 6.92 Å². The van der Waals surface area contributed by atoms with Gasteiger partial charge < -0.3 is 13.7 Å². The zero-order valence-corrected chi connectivity index (χ0v) is 17.3. The minimum Gasteiger partial charge on any atom is -0.496 e. The fourth-order valence-corrected chi connectivity index (χ4v) is 4.30. The lowest BCUT2D eigenvalue weighted by molar-refractivity contribution is 0.416. The molecule has 4 aromatic rings. The maximum Gasteiger partial charge on any atom is 0.336 e. The second-order valence-electron chi connectivity index (χ2n) is 6.63. The molecule has 0 N–H and O–H groups in total. The van der Waals surface area contributed by atoms with Crippen LogP contribution < -0.4 is 10.4 Å². The van der Waals surface area contributed by atoms with Crippen LogP contribution in [0.15, 0.2) is 62.9 Å². The summed E-state index contributed by atoms with van der Waals surface area (Å²) in [5, 5.41) is 10.5. The van der Waals surface area contributed by atoms with E-state index in [1.165, 1.54) is 0 Å². The van der Waals surface area contributed by atoms with Crippen LogP contribution in [0.25, 0.3) is 22.4 Å². The molecule has 0 aliphatic heterocycles. The van der Waals surface area contributed by atoms with Crippen molar-refractivity contribution >= 4 is 22.7 Å². The molecule has 0 unspecified atom stereocenters. The van der Waals surface area contributed by atoms with Crippen LogP contribution in [0.2, 0.25) is 0 Å². The van der Waals surface area contributed by atoms with Gasteiger partial charge in [-0.05, 0) is 43.2 Å². The molecule has 4 rings (SSSR count).